The lowest BCUT2D eigenvalue weighted by molar-refractivity contribution is -0.122. The molecule has 1 fully saturated rings. The van der Waals surface area contributed by atoms with Gasteiger partial charge < -0.3 is 9.73 Å². The molecule has 2 aromatic rings. The lowest BCUT2D eigenvalue weighted by Crippen LogP contribution is -2.41. The minimum Gasteiger partial charge on any atom is -0.421 e. The summed E-state index contributed by atoms with van der Waals surface area (Å²) in [5.74, 6) is 1.70. The Hall–Kier alpha value is -1.69. The normalized spacial score (nSPS) is 21.7. The second-order valence-electron chi connectivity index (χ2n) is 5.95. The fourth-order valence-corrected chi connectivity index (χ4v) is 3.52. The zero-order chi connectivity index (χ0) is 15.4. The molecule has 0 radical (unpaired) electrons. The Morgan fingerprint density at radius 1 is 1.41 bits per heavy atom. The summed E-state index contributed by atoms with van der Waals surface area (Å²) in [6, 6.07) is 2.27. The largest absolute Gasteiger partial charge is 0.421 e. The molecule has 0 aliphatic heterocycles. The van der Waals surface area contributed by atoms with Crippen molar-refractivity contribution in [1.82, 2.24) is 15.5 Å². The first kappa shape index (κ1) is 15.2. The minimum atomic E-state index is 0.0778. The Morgan fingerprint density at radius 2 is 2.27 bits per heavy atom. The fourth-order valence-electron chi connectivity index (χ4n) is 2.89. The molecule has 1 amide bonds. The first-order valence-electron chi connectivity index (χ1n) is 7.86. The number of hydrogen-bond donors (Lipinski definition) is 1. The average Bonchev–Trinajstić information content (AvgIpc) is 3.18. The second kappa shape index (κ2) is 7.05. The monoisotopic (exact) mass is 319 g/mol. The van der Waals surface area contributed by atoms with Crippen LogP contribution in [0.1, 0.15) is 44.9 Å². The molecule has 1 aliphatic carbocycles. The van der Waals surface area contributed by atoms with Crippen LogP contribution in [-0.4, -0.2) is 22.1 Å². The lowest BCUT2D eigenvalue weighted by atomic mass is 9.86. The van der Waals surface area contributed by atoms with Crippen LogP contribution in [0.15, 0.2) is 21.2 Å². The van der Waals surface area contributed by atoms with Crippen molar-refractivity contribution < 1.29 is 9.21 Å². The predicted molar refractivity (Wildman–Crippen MR) is 85.5 cm³/mol. The van der Waals surface area contributed by atoms with Crippen LogP contribution in [0, 0.1) is 5.92 Å². The molecule has 0 saturated heterocycles. The molecular weight excluding hydrogens is 298 g/mol. The molecule has 0 aromatic carbocycles. The molecule has 22 heavy (non-hydrogen) atoms. The van der Waals surface area contributed by atoms with Gasteiger partial charge in [0.1, 0.15) is 0 Å². The van der Waals surface area contributed by atoms with Crippen LogP contribution in [0.5, 0.6) is 0 Å². The van der Waals surface area contributed by atoms with Crippen LogP contribution < -0.4 is 5.32 Å². The molecule has 1 saturated carbocycles. The highest BCUT2D eigenvalue weighted by Crippen LogP contribution is 2.24. The molecular formula is C16H21N3O2S. The second-order valence-corrected chi connectivity index (χ2v) is 6.73. The molecule has 0 bridgehead atoms. The first-order valence-corrected chi connectivity index (χ1v) is 8.81. The Labute approximate surface area is 134 Å². The summed E-state index contributed by atoms with van der Waals surface area (Å²) < 4.78 is 5.59. The van der Waals surface area contributed by atoms with Gasteiger partial charge in [0.2, 0.25) is 17.7 Å². The van der Waals surface area contributed by atoms with E-state index in [1.807, 2.05) is 16.8 Å². The third-order valence-electron chi connectivity index (χ3n) is 4.26. The highest BCUT2D eigenvalue weighted by atomic mass is 32.1. The number of hydrogen-bond acceptors (Lipinski definition) is 5. The number of carbonyl (C=O) groups excluding carboxylic acids is 1. The van der Waals surface area contributed by atoms with Crippen molar-refractivity contribution in [2.24, 2.45) is 5.92 Å². The van der Waals surface area contributed by atoms with Crippen molar-refractivity contribution in [2.75, 3.05) is 0 Å². The SMILES string of the molecule is CC1CCCCC1NC(=O)CCc1nnc(-c2ccsc2)o1. The number of nitrogens with zero attached hydrogens (tertiary/aromatic N) is 2. The van der Waals surface area contributed by atoms with Crippen molar-refractivity contribution in [1.29, 1.82) is 0 Å². The number of aromatic nitrogens is 2. The highest BCUT2D eigenvalue weighted by molar-refractivity contribution is 7.08. The van der Waals surface area contributed by atoms with E-state index < -0.39 is 0 Å². The van der Waals surface area contributed by atoms with E-state index in [0.29, 0.717) is 36.6 Å². The van der Waals surface area contributed by atoms with Crippen LogP contribution in [0.3, 0.4) is 0 Å². The summed E-state index contributed by atoms with van der Waals surface area (Å²) in [5.41, 5.74) is 0.934. The van der Waals surface area contributed by atoms with Gasteiger partial charge in [-0.05, 0) is 30.2 Å². The number of aryl methyl sites for hydroxylation is 1. The maximum Gasteiger partial charge on any atom is 0.248 e. The quantitative estimate of drug-likeness (QED) is 0.917. The van der Waals surface area contributed by atoms with E-state index in [9.17, 15) is 4.79 Å². The fraction of sp³-hybridized carbons (Fsp3) is 0.562. The van der Waals surface area contributed by atoms with Crippen LogP contribution in [0.4, 0.5) is 0 Å². The van der Waals surface area contributed by atoms with Crippen molar-refractivity contribution in [3.8, 4) is 11.5 Å². The predicted octanol–water partition coefficient (Wildman–Crippen LogP) is 3.43. The zero-order valence-electron chi connectivity index (χ0n) is 12.7. The molecule has 2 aromatic heterocycles. The zero-order valence-corrected chi connectivity index (χ0v) is 13.6. The lowest BCUT2D eigenvalue weighted by Gasteiger charge is -2.29. The molecule has 2 atom stereocenters. The summed E-state index contributed by atoms with van der Waals surface area (Å²) in [5, 5.41) is 15.1. The Kier molecular flexibility index (Phi) is 4.87. The number of rotatable bonds is 5. The van der Waals surface area contributed by atoms with Gasteiger partial charge in [0.05, 0.1) is 0 Å². The maximum absolute atomic E-state index is 12.1. The van der Waals surface area contributed by atoms with Gasteiger partial charge in [-0.2, -0.15) is 11.3 Å². The summed E-state index contributed by atoms with van der Waals surface area (Å²) in [6.45, 7) is 2.22. The molecule has 2 heterocycles. The van der Waals surface area contributed by atoms with E-state index in [1.54, 1.807) is 11.3 Å². The van der Waals surface area contributed by atoms with E-state index in [0.717, 1.165) is 12.0 Å². The third-order valence-corrected chi connectivity index (χ3v) is 4.94. The molecule has 118 valence electrons. The smallest absolute Gasteiger partial charge is 0.248 e. The average molecular weight is 319 g/mol. The Balaban J connectivity index is 1.49. The summed E-state index contributed by atoms with van der Waals surface area (Å²) >= 11 is 1.59. The Bertz CT molecular complexity index is 609. The van der Waals surface area contributed by atoms with Crippen molar-refractivity contribution in [3.05, 3.63) is 22.7 Å². The van der Waals surface area contributed by atoms with Gasteiger partial charge in [-0.3, -0.25) is 4.79 Å². The van der Waals surface area contributed by atoms with Gasteiger partial charge in [0.25, 0.3) is 0 Å². The molecule has 1 N–H and O–H groups in total. The van der Waals surface area contributed by atoms with Gasteiger partial charge >= 0.3 is 0 Å². The van der Waals surface area contributed by atoms with Gasteiger partial charge in [0, 0.05) is 29.8 Å². The van der Waals surface area contributed by atoms with Gasteiger partial charge in [-0.15, -0.1) is 10.2 Å². The summed E-state index contributed by atoms with van der Waals surface area (Å²) in [6.07, 6.45) is 5.68. The van der Waals surface area contributed by atoms with Crippen molar-refractivity contribution >= 4 is 17.2 Å². The van der Waals surface area contributed by atoms with Crippen LogP contribution in [0.25, 0.3) is 11.5 Å². The summed E-state index contributed by atoms with van der Waals surface area (Å²) in [4.78, 5) is 12.1. The van der Waals surface area contributed by atoms with Gasteiger partial charge in [-0.25, -0.2) is 0 Å². The van der Waals surface area contributed by atoms with E-state index >= 15 is 0 Å². The minimum absolute atomic E-state index is 0.0778. The summed E-state index contributed by atoms with van der Waals surface area (Å²) in [7, 11) is 0. The van der Waals surface area contributed by atoms with E-state index in [1.165, 1.54) is 19.3 Å². The number of nitrogens with one attached hydrogen (secondary N) is 1. The van der Waals surface area contributed by atoms with Crippen LogP contribution >= 0.6 is 11.3 Å². The molecule has 0 spiro atoms. The Morgan fingerprint density at radius 3 is 3.05 bits per heavy atom. The van der Waals surface area contributed by atoms with Gasteiger partial charge in [0.15, 0.2) is 0 Å². The van der Waals surface area contributed by atoms with Crippen molar-refractivity contribution in [3.63, 3.8) is 0 Å². The van der Waals surface area contributed by atoms with E-state index in [-0.39, 0.29) is 5.91 Å². The number of carbonyl (C=O) groups is 1. The van der Waals surface area contributed by atoms with E-state index in [4.69, 9.17) is 4.42 Å². The van der Waals surface area contributed by atoms with Crippen LogP contribution in [-0.2, 0) is 11.2 Å². The van der Waals surface area contributed by atoms with Crippen molar-refractivity contribution in [2.45, 2.75) is 51.5 Å². The molecule has 6 heteroatoms. The van der Waals surface area contributed by atoms with Crippen LogP contribution in [0.2, 0.25) is 0 Å². The van der Waals surface area contributed by atoms with E-state index in [2.05, 4.69) is 22.4 Å². The molecule has 2 unspecified atom stereocenters. The standard InChI is InChI=1S/C16H21N3O2S/c1-11-4-2-3-5-13(11)17-14(20)6-7-15-18-19-16(21-15)12-8-9-22-10-12/h8-11,13H,2-7H2,1H3,(H,17,20). The molecule has 3 rings (SSSR count). The molecule has 5 nitrogen and oxygen atoms in total. The maximum atomic E-state index is 12.1. The molecule has 1 aliphatic rings. The number of amides is 1. The number of thiophene rings is 1. The highest BCUT2D eigenvalue weighted by Gasteiger charge is 2.22. The van der Waals surface area contributed by atoms with Gasteiger partial charge in [-0.1, -0.05) is 19.8 Å². The third kappa shape index (κ3) is 3.74. The topological polar surface area (TPSA) is 68.0 Å². The first-order chi connectivity index (χ1) is 10.7.